The summed E-state index contributed by atoms with van der Waals surface area (Å²) >= 11 is 0. The number of hydrogen-bond donors (Lipinski definition) is 1. The number of ether oxygens (including phenoxy) is 1. The fraction of sp³-hybridized carbons (Fsp3) is 0.545. The molecule has 0 aromatic heterocycles. The molecule has 2 aliphatic heterocycles. The molecule has 0 aliphatic carbocycles. The minimum Gasteiger partial charge on any atom is -0.378 e. The third-order valence-electron chi connectivity index (χ3n) is 6.12. The summed E-state index contributed by atoms with van der Waals surface area (Å²) in [6.07, 6.45) is 0.134. The van der Waals surface area contributed by atoms with Crippen molar-refractivity contribution in [2.75, 3.05) is 32.8 Å². The first-order valence-electron chi connectivity index (χ1n) is 10.3. The molecule has 3 rings (SSSR count). The van der Waals surface area contributed by atoms with Crippen molar-refractivity contribution in [2.45, 2.75) is 33.7 Å². The van der Waals surface area contributed by atoms with Gasteiger partial charge in [-0.25, -0.2) is 0 Å². The fourth-order valence-electron chi connectivity index (χ4n) is 3.63. The molecule has 0 spiro atoms. The van der Waals surface area contributed by atoms with Crippen LogP contribution in [0.4, 0.5) is 0 Å². The van der Waals surface area contributed by atoms with Gasteiger partial charge in [-0.3, -0.25) is 24.1 Å². The van der Waals surface area contributed by atoms with E-state index in [1.807, 2.05) is 13.8 Å². The Balaban J connectivity index is 1.52. The standard InChI is InChI=1S/C22H29N3O5/c1-15(2)22(3)12-19(27)25(21(22)29)14-18(26)23-13-16-4-6-17(7-5-16)20(28)24-8-10-30-11-9-24/h4-7,15H,8-14H2,1-3H3,(H,23,26). The highest BCUT2D eigenvalue weighted by Crippen LogP contribution is 2.39. The first kappa shape index (κ1) is 22.0. The second-order valence-electron chi connectivity index (χ2n) is 8.41. The molecular weight excluding hydrogens is 386 g/mol. The van der Waals surface area contributed by atoms with Crippen LogP contribution in [-0.4, -0.2) is 66.3 Å². The zero-order valence-corrected chi connectivity index (χ0v) is 17.8. The van der Waals surface area contributed by atoms with E-state index in [9.17, 15) is 19.2 Å². The Morgan fingerprint density at radius 2 is 1.77 bits per heavy atom. The van der Waals surface area contributed by atoms with Crippen LogP contribution in [-0.2, 0) is 25.7 Å². The summed E-state index contributed by atoms with van der Waals surface area (Å²) in [7, 11) is 0. The average Bonchev–Trinajstić information content (AvgIpc) is 2.97. The van der Waals surface area contributed by atoms with Gasteiger partial charge in [0.2, 0.25) is 17.7 Å². The third-order valence-corrected chi connectivity index (χ3v) is 6.12. The lowest BCUT2D eigenvalue weighted by Crippen LogP contribution is -2.42. The molecule has 30 heavy (non-hydrogen) atoms. The maximum atomic E-state index is 12.6. The van der Waals surface area contributed by atoms with E-state index in [4.69, 9.17) is 4.74 Å². The SMILES string of the molecule is CC(C)C1(C)CC(=O)N(CC(=O)NCc2ccc(C(=O)N3CCOCC3)cc2)C1=O. The Hall–Kier alpha value is -2.74. The van der Waals surface area contributed by atoms with Gasteiger partial charge in [0, 0.05) is 31.6 Å². The summed E-state index contributed by atoms with van der Waals surface area (Å²) < 4.78 is 5.26. The Bertz CT molecular complexity index is 830. The summed E-state index contributed by atoms with van der Waals surface area (Å²) in [5, 5.41) is 2.74. The molecule has 162 valence electrons. The van der Waals surface area contributed by atoms with Gasteiger partial charge in [-0.1, -0.05) is 26.0 Å². The van der Waals surface area contributed by atoms with E-state index < -0.39 is 11.3 Å². The molecule has 2 fully saturated rings. The van der Waals surface area contributed by atoms with Gasteiger partial charge in [-0.15, -0.1) is 0 Å². The quantitative estimate of drug-likeness (QED) is 0.705. The van der Waals surface area contributed by atoms with Gasteiger partial charge in [0.15, 0.2) is 0 Å². The van der Waals surface area contributed by atoms with Crippen molar-refractivity contribution in [3.63, 3.8) is 0 Å². The molecule has 8 nitrogen and oxygen atoms in total. The zero-order valence-electron chi connectivity index (χ0n) is 17.8. The maximum Gasteiger partial charge on any atom is 0.254 e. The van der Waals surface area contributed by atoms with Crippen LogP contribution in [0.3, 0.4) is 0 Å². The number of imide groups is 1. The number of likely N-dealkylation sites (tertiary alicyclic amines) is 1. The van der Waals surface area contributed by atoms with E-state index >= 15 is 0 Å². The van der Waals surface area contributed by atoms with Crippen LogP contribution in [0.15, 0.2) is 24.3 Å². The maximum absolute atomic E-state index is 12.6. The van der Waals surface area contributed by atoms with Crippen LogP contribution in [0.25, 0.3) is 0 Å². The molecule has 1 unspecified atom stereocenters. The minimum absolute atomic E-state index is 0.0145. The van der Waals surface area contributed by atoms with Crippen molar-refractivity contribution in [1.82, 2.24) is 15.1 Å². The van der Waals surface area contributed by atoms with E-state index in [1.165, 1.54) is 0 Å². The molecule has 1 atom stereocenters. The molecule has 0 bridgehead atoms. The topological polar surface area (TPSA) is 96.0 Å². The highest BCUT2D eigenvalue weighted by Gasteiger charge is 2.50. The van der Waals surface area contributed by atoms with Crippen LogP contribution in [0.5, 0.6) is 0 Å². The summed E-state index contributed by atoms with van der Waals surface area (Å²) in [5.74, 6) is -1.01. The van der Waals surface area contributed by atoms with Crippen molar-refractivity contribution in [3.8, 4) is 0 Å². The first-order chi connectivity index (χ1) is 14.2. The number of nitrogens with zero attached hydrogens (tertiary/aromatic N) is 2. The number of carbonyl (C=O) groups is 4. The zero-order chi connectivity index (χ0) is 21.9. The van der Waals surface area contributed by atoms with Crippen molar-refractivity contribution >= 4 is 23.6 Å². The van der Waals surface area contributed by atoms with E-state index in [0.717, 1.165) is 10.5 Å². The van der Waals surface area contributed by atoms with E-state index in [0.29, 0.717) is 31.9 Å². The number of hydrogen-bond acceptors (Lipinski definition) is 5. The van der Waals surface area contributed by atoms with Crippen LogP contribution >= 0.6 is 0 Å². The number of morpholine rings is 1. The van der Waals surface area contributed by atoms with Crippen molar-refractivity contribution < 1.29 is 23.9 Å². The van der Waals surface area contributed by atoms with Gasteiger partial charge in [0.1, 0.15) is 6.54 Å². The van der Waals surface area contributed by atoms with E-state index in [2.05, 4.69) is 5.32 Å². The molecular formula is C22H29N3O5. The molecule has 2 aliphatic rings. The van der Waals surface area contributed by atoms with Crippen LogP contribution in [0.1, 0.15) is 43.1 Å². The summed E-state index contributed by atoms with van der Waals surface area (Å²) in [6, 6.07) is 7.05. The van der Waals surface area contributed by atoms with E-state index in [-0.39, 0.29) is 43.1 Å². The number of rotatable bonds is 6. The van der Waals surface area contributed by atoms with Crippen molar-refractivity contribution in [1.29, 1.82) is 0 Å². The van der Waals surface area contributed by atoms with E-state index in [1.54, 1.807) is 36.1 Å². The predicted octanol–water partition coefficient (Wildman–Crippen LogP) is 1.20. The van der Waals surface area contributed by atoms with Gasteiger partial charge in [-0.2, -0.15) is 0 Å². The lowest BCUT2D eigenvalue weighted by Gasteiger charge is -2.26. The molecule has 2 heterocycles. The Morgan fingerprint density at radius 1 is 1.13 bits per heavy atom. The lowest BCUT2D eigenvalue weighted by molar-refractivity contribution is -0.145. The van der Waals surface area contributed by atoms with Gasteiger partial charge in [-0.05, 0) is 30.5 Å². The minimum atomic E-state index is -0.750. The second kappa shape index (κ2) is 8.95. The van der Waals surface area contributed by atoms with Gasteiger partial charge < -0.3 is 15.0 Å². The molecule has 2 saturated heterocycles. The van der Waals surface area contributed by atoms with Crippen LogP contribution in [0.2, 0.25) is 0 Å². The third kappa shape index (κ3) is 4.53. The predicted molar refractivity (Wildman–Crippen MR) is 109 cm³/mol. The van der Waals surface area contributed by atoms with Crippen molar-refractivity contribution in [3.05, 3.63) is 35.4 Å². The first-order valence-corrected chi connectivity index (χ1v) is 10.3. The highest BCUT2D eigenvalue weighted by molar-refractivity contribution is 6.07. The van der Waals surface area contributed by atoms with Crippen LogP contribution < -0.4 is 5.32 Å². The highest BCUT2D eigenvalue weighted by atomic mass is 16.5. The fourth-order valence-corrected chi connectivity index (χ4v) is 3.63. The normalized spacial score (nSPS) is 22.0. The lowest BCUT2D eigenvalue weighted by atomic mass is 9.78. The number of nitrogens with one attached hydrogen (secondary N) is 1. The summed E-state index contributed by atoms with van der Waals surface area (Å²) in [5.41, 5.74) is 0.668. The van der Waals surface area contributed by atoms with Gasteiger partial charge >= 0.3 is 0 Å². The Labute approximate surface area is 176 Å². The summed E-state index contributed by atoms with van der Waals surface area (Å²) in [4.78, 5) is 52.4. The molecule has 0 radical (unpaired) electrons. The second-order valence-corrected chi connectivity index (χ2v) is 8.41. The molecule has 1 N–H and O–H groups in total. The smallest absolute Gasteiger partial charge is 0.254 e. The van der Waals surface area contributed by atoms with Crippen LogP contribution in [0, 0.1) is 11.3 Å². The average molecular weight is 415 g/mol. The Morgan fingerprint density at radius 3 is 2.33 bits per heavy atom. The number of amides is 4. The molecule has 1 aromatic carbocycles. The van der Waals surface area contributed by atoms with Gasteiger partial charge in [0.05, 0.1) is 18.6 Å². The van der Waals surface area contributed by atoms with Gasteiger partial charge in [0.25, 0.3) is 5.91 Å². The molecule has 4 amide bonds. The number of carbonyl (C=O) groups excluding carboxylic acids is 4. The largest absolute Gasteiger partial charge is 0.378 e. The Kier molecular flexibility index (Phi) is 6.55. The number of benzene rings is 1. The molecule has 0 saturated carbocycles. The molecule has 1 aromatic rings. The summed E-state index contributed by atoms with van der Waals surface area (Å²) in [6.45, 7) is 7.83. The van der Waals surface area contributed by atoms with Crippen molar-refractivity contribution in [2.24, 2.45) is 11.3 Å². The monoisotopic (exact) mass is 415 g/mol. The molecule has 8 heteroatoms.